The first-order valence-corrected chi connectivity index (χ1v) is 10.1. The summed E-state index contributed by atoms with van der Waals surface area (Å²) in [6.45, 7) is 1.97. The van der Waals surface area contributed by atoms with Crippen LogP contribution in [0.3, 0.4) is 0 Å². The van der Waals surface area contributed by atoms with Gasteiger partial charge in [-0.05, 0) is 36.8 Å². The summed E-state index contributed by atoms with van der Waals surface area (Å²) in [7, 11) is -3.30. The van der Waals surface area contributed by atoms with E-state index in [1.54, 1.807) is 19.1 Å². The number of hydrogen-bond donors (Lipinski definition) is 0. The minimum atomic E-state index is -3.30. The minimum Gasteiger partial charge on any atom is -0.466 e. The standard InChI is InChI=1S/C19H19NO5S/c1-3-24-19(21)16-17(13-9-11-15(12-10-13)26(2,22)23)25-18(20-16)14-7-5-4-6-8-14/h4-12,16-17H,3H2,1-2H3/t16-,17+/m0/s1. The average Bonchev–Trinajstić information content (AvgIpc) is 3.07. The van der Waals surface area contributed by atoms with Crippen molar-refractivity contribution in [2.45, 2.75) is 24.0 Å². The number of rotatable bonds is 5. The van der Waals surface area contributed by atoms with E-state index in [4.69, 9.17) is 9.47 Å². The van der Waals surface area contributed by atoms with Crippen LogP contribution in [0.2, 0.25) is 0 Å². The maximum absolute atomic E-state index is 12.3. The van der Waals surface area contributed by atoms with Crippen LogP contribution >= 0.6 is 0 Å². The van der Waals surface area contributed by atoms with E-state index in [0.717, 1.165) is 11.8 Å². The van der Waals surface area contributed by atoms with Gasteiger partial charge in [0.25, 0.3) is 0 Å². The molecule has 0 spiro atoms. The van der Waals surface area contributed by atoms with Gasteiger partial charge in [0, 0.05) is 11.8 Å². The Bertz CT molecular complexity index is 920. The zero-order valence-corrected chi connectivity index (χ0v) is 15.3. The zero-order chi connectivity index (χ0) is 18.7. The van der Waals surface area contributed by atoms with Crippen molar-refractivity contribution in [3.63, 3.8) is 0 Å². The molecule has 6 nitrogen and oxygen atoms in total. The molecule has 0 N–H and O–H groups in total. The van der Waals surface area contributed by atoms with Gasteiger partial charge < -0.3 is 9.47 Å². The Kier molecular flexibility index (Phi) is 5.08. The predicted molar refractivity (Wildman–Crippen MR) is 96.8 cm³/mol. The third kappa shape index (κ3) is 3.77. The molecule has 0 fully saturated rings. The maximum atomic E-state index is 12.3. The first kappa shape index (κ1) is 18.1. The Morgan fingerprint density at radius 3 is 2.35 bits per heavy atom. The number of carbonyl (C=O) groups excluding carboxylic acids is 1. The van der Waals surface area contributed by atoms with Crippen molar-refractivity contribution in [2.75, 3.05) is 12.9 Å². The monoisotopic (exact) mass is 373 g/mol. The van der Waals surface area contributed by atoms with E-state index in [1.807, 2.05) is 30.3 Å². The summed E-state index contributed by atoms with van der Waals surface area (Å²) in [6.07, 6.45) is 0.476. The molecule has 0 aliphatic carbocycles. The molecule has 1 heterocycles. The normalized spacial score (nSPS) is 19.5. The molecule has 0 saturated heterocycles. The molecule has 1 aliphatic rings. The van der Waals surface area contributed by atoms with E-state index >= 15 is 0 Å². The van der Waals surface area contributed by atoms with Crippen LogP contribution in [0.15, 0.2) is 64.5 Å². The summed E-state index contributed by atoms with van der Waals surface area (Å²) in [4.78, 5) is 16.9. The van der Waals surface area contributed by atoms with Crippen LogP contribution in [0.5, 0.6) is 0 Å². The number of benzene rings is 2. The topological polar surface area (TPSA) is 82.0 Å². The summed E-state index contributed by atoms with van der Waals surface area (Å²) < 4.78 is 34.3. The van der Waals surface area contributed by atoms with E-state index in [9.17, 15) is 13.2 Å². The van der Waals surface area contributed by atoms with E-state index in [2.05, 4.69) is 4.99 Å². The molecule has 0 saturated carbocycles. The molecule has 0 aromatic heterocycles. The minimum absolute atomic E-state index is 0.205. The van der Waals surface area contributed by atoms with Gasteiger partial charge in [0.2, 0.25) is 5.90 Å². The molecule has 0 bridgehead atoms. The summed E-state index contributed by atoms with van der Waals surface area (Å²) in [5.41, 5.74) is 1.42. The van der Waals surface area contributed by atoms with E-state index in [1.165, 1.54) is 12.1 Å². The fraction of sp³-hybridized carbons (Fsp3) is 0.263. The molecule has 3 rings (SSSR count). The second-order valence-electron chi connectivity index (χ2n) is 5.88. The number of hydrogen-bond acceptors (Lipinski definition) is 6. The maximum Gasteiger partial charge on any atom is 0.335 e. The lowest BCUT2D eigenvalue weighted by Gasteiger charge is -2.17. The van der Waals surface area contributed by atoms with Crippen LogP contribution in [0.4, 0.5) is 0 Å². The molecular weight excluding hydrogens is 354 g/mol. The third-order valence-corrected chi connectivity index (χ3v) is 5.10. The Balaban J connectivity index is 1.93. The molecular formula is C19H19NO5S. The Morgan fingerprint density at radius 1 is 1.12 bits per heavy atom. The van der Waals surface area contributed by atoms with Crippen molar-refractivity contribution in [1.29, 1.82) is 0 Å². The van der Waals surface area contributed by atoms with Crippen LogP contribution in [0.1, 0.15) is 24.2 Å². The zero-order valence-electron chi connectivity index (χ0n) is 14.5. The van der Waals surface area contributed by atoms with E-state index in [-0.39, 0.29) is 11.5 Å². The first-order chi connectivity index (χ1) is 12.4. The highest BCUT2D eigenvalue weighted by atomic mass is 32.2. The SMILES string of the molecule is CCOC(=O)[C@H]1N=C(c2ccccc2)O[C@@H]1c1ccc(S(C)(=O)=O)cc1. The van der Waals surface area contributed by atoms with Gasteiger partial charge in [0.05, 0.1) is 11.5 Å². The lowest BCUT2D eigenvalue weighted by molar-refractivity contribution is -0.146. The molecule has 7 heteroatoms. The van der Waals surface area contributed by atoms with E-state index in [0.29, 0.717) is 11.5 Å². The van der Waals surface area contributed by atoms with Gasteiger partial charge in [-0.15, -0.1) is 0 Å². The van der Waals surface area contributed by atoms with Crippen LogP contribution < -0.4 is 0 Å². The van der Waals surface area contributed by atoms with Crippen molar-refractivity contribution < 1.29 is 22.7 Å². The molecule has 0 amide bonds. The largest absolute Gasteiger partial charge is 0.466 e. The number of carbonyl (C=O) groups is 1. The van der Waals surface area contributed by atoms with Gasteiger partial charge in [-0.2, -0.15) is 0 Å². The lowest BCUT2D eigenvalue weighted by atomic mass is 10.0. The highest BCUT2D eigenvalue weighted by Crippen LogP contribution is 2.32. The van der Waals surface area contributed by atoms with Gasteiger partial charge >= 0.3 is 5.97 Å². The summed E-state index contributed by atoms with van der Waals surface area (Å²) >= 11 is 0. The van der Waals surface area contributed by atoms with Crippen LogP contribution in [-0.4, -0.2) is 39.2 Å². The second-order valence-corrected chi connectivity index (χ2v) is 7.89. The van der Waals surface area contributed by atoms with E-state index < -0.39 is 28.0 Å². The van der Waals surface area contributed by atoms with Crippen molar-refractivity contribution in [1.82, 2.24) is 0 Å². The third-order valence-electron chi connectivity index (χ3n) is 3.97. The van der Waals surface area contributed by atoms with Crippen molar-refractivity contribution >= 4 is 21.7 Å². The fourth-order valence-electron chi connectivity index (χ4n) is 2.69. The Labute approximate surface area is 152 Å². The molecule has 1 aliphatic heterocycles. The summed E-state index contributed by atoms with van der Waals surface area (Å²) in [5, 5.41) is 0. The first-order valence-electron chi connectivity index (χ1n) is 8.16. The average molecular weight is 373 g/mol. The molecule has 2 aromatic carbocycles. The van der Waals surface area contributed by atoms with Gasteiger partial charge in [-0.1, -0.05) is 30.3 Å². The molecule has 26 heavy (non-hydrogen) atoms. The number of esters is 1. The quantitative estimate of drug-likeness (QED) is 0.752. The Morgan fingerprint density at radius 2 is 1.77 bits per heavy atom. The smallest absolute Gasteiger partial charge is 0.335 e. The molecule has 0 radical (unpaired) electrons. The number of nitrogens with zero attached hydrogens (tertiary/aromatic N) is 1. The molecule has 2 aromatic rings. The fourth-order valence-corrected chi connectivity index (χ4v) is 3.32. The molecule has 2 atom stereocenters. The number of sulfone groups is 1. The predicted octanol–water partition coefficient (Wildman–Crippen LogP) is 2.54. The lowest BCUT2D eigenvalue weighted by Crippen LogP contribution is -2.26. The van der Waals surface area contributed by atoms with Crippen LogP contribution in [0, 0.1) is 0 Å². The van der Waals surface area contributed by atoms with Gasteiger partial charge in [0.1, 0.15) is 0 Å². The van der Waals surface area contributed by atoms with Gasteiger partial charge in [0.15, 0.2) is 22.0 Å². The van der Waals surface area contributed by atoms with Crippen LogP contribution in [-0.2, 0) is 24.1 Å². The van der Waals surface area contributed by atoms with Crippen molar-refractivity contribution in [3.8, 4) is 0 Å². The highest BCUT2D eigenvalue weighted by molar-refractivity contribution is 7.90. The number of aliphatic imine (C=N–C) groups is 1. The molecule has 136 valence electrons. The molecule has 0 unspecified atom stereocenters. The second kappa shape index (κ2) is 7.29. The summed E-state index contributed by atoms with van der Waals surface area (Å²) in [6, 6.07) is 14.7. The highest BCUT2D eigenvalue weighted by Gasteiger charge is 2.39. The van der Waals surface area contributed by atoms with Crippen molar-refractivity contribution in [3.05, 3.63) is 65.7 Å². The number of ether oxygens (including phenoxy) is 2. The Hall–Kier alpha value is -2.67. The van der Waals surface area contributed by atoms with Crippen LogP contribution in [0.25, 0.3) is 0 Å². The van der Waals surface area contributed by atoms with Gasteiger partial charge in [-0.25, -0.2) is 18.2 Å². The summed E-state index contributed by atoms with van der Waals surface area (Å²) in [5.74, 6) is -0.114. The van der Waals surface area contributed by atoms with Crippen molar-refractivity contribution in [2.24, 2.45) is 4.99 Å². The van der Waals surface area contributed by atoms with Gasteiger partial charge in [-0.3, -0.25) is 0 Å².